The molecule has 2 aliphatic rings. The van der Waals surface area contributed by atoms with Crippen LogP contribution in [-0.4, -0.2) is 32.7 Å². The van der Waals surface area contributed by atoms with E-state index in [9.17, 15) is 4.79 Å². The summed E-state index contributed by atoms with van der Waals surface area (Å²) >= 11 is 0. The van der Waals surface area contributed by atoms with Gasteiger partial charge in [0, 0.05) is 18.7 Å². The van der Waals surface area contributed by atoms with E-state index in [1.165, 1.54) is 31.2 Å². The van der Waals surface area contributed by atoms with Crippen molar-refractivity contribution in [3.63, 3.8) is 0 Å². The Hall–Kier alpha value is -0.970. The van der Waals surface area contributed by atoms with Gasteiger partial charge in [0.2, 0.25) is 0 Å². The fourth-order valence-electron chi connectivity index (χ4n) is 4.09. The number of carbonyl (C=O) groups is 1. The number of esters is 1. The molecule has 0 spiro atoms. The second-order valence-corrected chi connectivity index (χ2v) is 6.97. The Morgan fingerprint density at radius 2 is 1.96 bits per heavy atom. The van der Waals surface area contributed by atoms with Crippen molar-refractivity contribution in [1.29, 1.82) is 0 Å². The lowest BCUT2D eigenvalue weighted by Crippen LogP contribution is -2.34. The number of anilines is 1. The summed E-state index contributed by atoms with van der Waals surface area (Å²) in [5, 5.41) is 6.99. The molecule has 2 heterocycles. The number of para-hydroxylation sites is 1. The molecule has 0 radical (unpaired) electrons. The van der Waals surface area contributed by atoms with Crippen LogP contribution in [0.1, 0.15) is 31.2 Å². The van der Waals surface area contributed by atoms with E-state index in [1.54, 1.807) is 0 Å². The fraction of sp³-hybridized carbons (Fsp3) is 0.632. The summed E-state index contributed by atoms with van der Waals surface area (Å²) < 4.78 is 4.96. The van der Waals surface area contributed by atoms with Crippen molar-refractivity contribution >= 4 is 36.5 Å². The van der Waals surface area contributed by atoms with Gasteiger partial charge >= 0.3 is 5.97 Å². The summed E-state index contributed by atoms with van der Waals surface area (Å²) in [5.41, 5.74) is 2.63. The van der Waals surface area contributed by atoms with E-state index in [4.69, 9.17) is 4.74 Å². The Balaban J connectivity index is 0.00000156. The van der Waals surface area contributed by atoms with Crippen molar-refractivity contribution in [2.75, 3.05) is 32.1 Å². The van der Waals surface area contributed by atoms with Crippen molar-refractivity contribution in [1.82, 2.24) is 5.32 Å². The predicted molar refractivity (Wildman–Crippen MR) is 107 cm³/mol. The third-order valence-corrected chi connectivity index (χ3v) is 5.47. The minimum absolute atomic E-state index is 0. The van der Waals surface area contributed by atoms with Crippen LogP contribution in [0.4, 0.5) is 5.69 Å². The number of halogens is 2. The molecule has 0 saturated carbocycles. The highest BCUT2D eigenvalue weighted by Crippen LogP contribution is 2.35. The lowest BCUT2D eigenvalue weighted by molar-refractivity contribution is -0.142. The number of fused-ring (bicyclic) bond motifs is 1. The van der Waals surface area contributed by atoms with Crippen molar-refractivity contribution in [3.8, 4) is 0 Å². The van der Waals surface area contributed by atoms with Crippen molar-refractivity contribution in [2.45, 2.75) is 32.1 Å². The molecule has 3 rings (SSSR count). The number of methoxy groups -OCH3 is 1. The molecule has 142 valence electrons. The Kier molecular flexibility index (Phi) is 9.62. The Morgan fingerprint density at radius 1 is 1.24 bits per heavy atom. The topological polar surface area (TPSA) is 50.4 Å². The number of benzene rings is 1. The van der Waals surface area contributed by atoms with Crippen molar-refractivity contribution < 1.29 is 9.53 Å². The molecule has 25 heavy (non-hydrogen) atoms. The molecule has 0 bridgehead atoms. The van der Waals surface area contributed by atoms with Gasteiger partial charge in [-0.3, -0.25) is 4.79 Å². The standard InChI is InChI=1S/C19H28N2O2.2ClH/c1-23-19(22)12-16(10-14-6-8-20-9-7-14)17-11-15-4-2-3-5-18(15)21-13-17;;/h2-5,14,16-17,20-21H,6-13H2,1H3;2*1H/t16-,17+;;/m0../s1. The van der Waals surface area contributed by atoms with E-state index >= 15 is 0 Å². The van der Waals surface area contributed by atoms with Crippen LogP contribution in [-0.2, 0) is 16.0 Å². The minimum atomic E-state index is -0.0669. The number of rotatable bonds is 5. The molecule has 0 amide bonds. The molecule has 1 fully saturated rings. The number of ether oxygens (including phenoxy) is 1. The average molecular weight is 389 g/mol. The first-order valence-corrected chi connectivity index (χ1v) is 8.85. The molecule has 4 nitrogen and oxygen atoms in total. The number of piperidine rings is 1. The lowest BCUT2D eigenvalue weighted by Gasteiger charge is -2.35. The van der Waals surface area contributed by atoms with Gasteiger partial charge in [0.1, 0.15) is 0 Å². The smallest absolute Gasteiger partial charge is 0.305 e. The van der Waals surface area contributed by atoms with Gasteiger partial charge < -0.3 is 15.4 Å². The maximum Gasteiger partial charge on any atom is 0.305 e. The monoisotopic (exact) mass is 388 g/mol. The highest BCUT2D eigenvalue weighted by atomic mass is 35.5. The van der Waals surface area contributed by atoms with Crippen molar-refractivity contribution in [2.24, 2.45) is 17.8 Å². The van der Waals surface area contributed by atoms with Crippen LogP contribution in [0.15, 0.2) is 24.3 Å². The molecule has 2 N–H and O–H groups in total. The van der Waals surface area contributed by atoms with E-state index in [2.05, 4.69) is 34.9 Å². The van der Waals surface area contributed by atoms with Gasteiger partial charge in [-0.05, 0) is 68.2 Å². The summed E-state index contributed by atoms with van der Waals surface area (Å²) in [6.07, 6.45) is 5.22. The number of carbonyl (C=O) groups excluding carboxylic acids is 1. The van der Waals surface area contributed by atoms with E-state index in [-0.39, 0.29) is 30.8 Å². The highest BCUT2D eigenvalue weighted by molar-refractivity contribution is 5.85. The first kappa shape index (κ1) is 22.1. The van der Waals surface area contributed by atoms with Crippen LogP contribution in [0.25, 0.3) is 0 Å². The van der Waals surface area contributed by atoms with Crippen LogP contribution in [0.3, 0.4) is 0 Å². The fourth-order valence-corrected chi connectivity index (χ4v) is 4.09. The summed E-state index contributed by atoms with van der Waals surface area (Å²) in [7, 11) is 1.50. The highest BCUT2D eigenvalue weighted by Gasteiger charge is 2.30. The number of hydrogen-bond donors (Lipinski definition) is 2. The molecular formula is C19H30Cl2N2O2. The molecule has 1 saturated heterocycles. The zero-order valence-electron chi connectivity index (χ0n) is 14.8. The molecule has 0 aromatic heterocycles. The third kappa shape index (κ3) is 6.05. The summed E-state index contributed by atoms with van der Waals surface area (Å²) in [6.45, 7) is 3.19. The zero-order chi connectivity index (χ0) is 16.1. The Morgan fingerprint density at radius 3 is 2.68 bits per heavy atom. The molecule has 2 aliphatic heterocycles. The predicted octanol–water partition coefficient (Wildman–Crippen LogP) is 3.68. The van der Waals surface area contributed by atoms with Gasteiger partial charge in [-0.25, -0.2) is 0 Å². The van der Waals surface area contributed by atoms with E-state index < -0.39 is 0 Å². The van der Waals surface area contributed by atoms with E-state index in [1.807, 2.05) is 0 Å². The first-order chi connectivity index (χ1) is 11.3. The second-order valence-electron chi connectivity index (χ2n) is 6.97. The maximum atomic E-state index is 11.9. The third-order valence-electron chi connectivity index (χ3n) is 5.47. The zero-order valence-corrected chi connectivity index (χ0v) is 16.5. The van der Waals surface area contributed by atoms with Crippen LogP contribution >= 0.6 is 24.8 Å². The molecular weight excluding hydrogens is 359 g/mol. The van der Waals surface area contributed by atoms with Crippen LogP contribution in [0, 0.1) is 17.8 Å². The molecule has 1 aromatic rings. The van der Waals surface area contributed by atoms with Crippen LogP contribution < -0.4 is 10.6 Å². The Bertz CT molecular complexity index is 536. The maximum absolute atomic E-state index is 11.9. The van der Waals surface area contributed by atoms with Gasteiger partial charge in [-0.1, -0.05) is 18.2 Å². The van der Waals surface area contributed by atoms with Gasteiger partial charge in [-0.2, -0.15) is 0 Å². The number of nitrogens with one attached hydrogen (secondary N) is 2. The normalized spacial score (nSPS) is 20.9. The summed E-state index contributed by atoms with van der Waals surface area (Å²) in [5.74, 6) is 1.59. The summed E-state index contributed by atoms with van der Waals surface area (Å²) in [4.78, 5) is 11.9. The lowest BCUT2D eigenvalue weighted by atomic mass is 9.76. The molecule has 6 heteroatoms. The molecule has 2 atom stereocenters. The largest absolute Gasteiger partial charge is 0.469 e. The SMILES string of the molecule is COC(=O)C[C@H](CC1CCNCC1)[C@H]1CNc2ccccc2C1.Cl.Cl. The van der Waals surface area contributed by atoms with Gasteiger partial charge in [0.15, 0.2) is 0 Å². The number of hydrogen-bond acceptors (Lipinski definition) is 4. The van der Waals surface area contributed by atoms with E-state index in [0.717, 1.165) is 38.4 Å². The Labute approximate surface area is 163 Å². The van der Waals surface area contributed by atoms with Crippen molar-refractivity contribution in [3.05, 3.63) is 29.8 Å². The molecule has 1 aromatic carbocycles. The molecule has 0 unspecified atom stereocenters. The first-order valence-electron chi connectivity index (χ1n) is 8.85. The van der Waals surface area contributed by atoms with Gasteiger partial charge in [0.05, 0.1) is 7.11 Å². The van der Waals surface area contributed by atoms with Crippen LogP contribution in [0.2, 0.25) is 0 Å². The van der Waals surface area contributed by atoms with Crippen LogP contribution in [0.5, 0.6) is 0 Å². The van der Waals surface area contributed by atoms with Gasteiger partial charge in [-0.15, -0.1) is 24.8 Å². The molecule has 0 aliphatic carbocycles. The summed E-state index contributed by atoms with van der Waals surface area (Å²) in [6, 6.07) is 8.53. The quantitative estimate of drug-likeness (QED) is 0.755. The van der Waals surface area contributed by atoms with Gasteiger partial charge in [0.25, 0.3) is 0 Å². The van der Waals surface area contributed by atoms with E-state index in [0.29, 0.717) is 18.3 Å². The average Bonchev–Trinajstić information content (AvgIpc) is 2.61. The second kappa shape index (κ2) is 10.9. The minimum Gasteiger partial charge on any atom is -0.469 e.